The summed E-state index contributed by atoms with van der Waals surface area (Å²) >= 11 is 0. The lowest BCUT2D eigenvalue weighted by atomic mass is 9.66. The average molecular weight is 463 g/mol. The molecule has 9 nitrogen and oxygen atoms in total. The summed E-state index contributed by atoms with van der Waals surface area (Å²) in [5.74, 6) is 1.08. The summed E-state index contributed by atoms with van der Waals surface area (Å²) in [5.41, 5.74) is 4.16. The standard InChI is InChI=1S/C25H34N8O/c1-16(2)22-20-21-18(14-27-15-29-21)24(25(4,17(3)34)23(20)30-31(22)5)33(19-8-6-7-9-28-19)32-12-10-26-11-13-32/h6-9,14-17,24,26,34H,10-13H2,1-5H3. The van der Waals surface area contributed by atoms with Gasteiger partial charge in [0, 0.05) is 56.7 Å². The van der Waals surface area contributed by atoms with Gasteiger partial charge in [0.1, 0.15) is 12.1 Å². The van der Waals surface area contributed by atoms with Crippen molar-refractivity contribution in [3.8, 4) is 11.3 Å². The van der Waals surface area contributed by atoms with Crippen LogP contribution in [0.5, 0.6) is 0 Å². The van der Waals surface area contributed by atoms with Crippen LogP contribution in [0.1, 0.15) is 56.6 Å². The third-order valence-corrected chi connectivity index (χ3v) is 7.38. The molecule has 180 valence electrons. The Hall–Kier alpha value is -2.88. The number of aliphatic hydroxyl groups is 1. The van der Waals surface area contributed by atoms with Crippen LogP contribution < -0.4 is 10.3 Å². The summed E-state index contributed by atoms with van der Waals surface area (Å²) in [5, 5.41) is 24.5. The number of nitrogens with zero attached hydrogens (tertiary/aromatic N) is 7. The van der Waals surface area contributed by atoms with Crippen molar-refractivity contribution in [3.63, 3.8) is 0 Å². The third-order valence-electron chi connectivity index (χ3n) is 7.38. The Morgan fingerprint density at radius 3 is 2.59 bits per heavy atom. The fraction of sp³-hybridized carbons (Fsp3) is 0.520. The van der Waals surface area contributed by atoms with Gasteiger partial charge < -0.3 is 10.4 Å². The van der Waals surface area contributed by atoms with Crippen LogP contribution in [0.2, 0.25) is 0 Å². The predicted molar refractivity (Wildman–Crippen MR) is 131 cm³/mol. The van der Waals surface area contributed by atoms with Crippen molar-refractivity contribution in [2.24, 2.45) is 7.05 Å². The molecule has 4 heterocycles. The van der Waals surface area contributed by atoms with Gasteiger partial charge >= 0.3 is 0 Å². The Morgan fingerprint density at radius 1 is 1.18 bits per heavy atom. The van der Waals surface area contributed by atoms with Crippen LogP contribution in [-0.4, -0.2) is 67.1 Å². The normalized spacial score (nSPS) is 23.4. The zero-order chi connectivity index (χ0) is 24.0. The Kier molecular flexibility index (Phi) is 5.87. The fourth-order valence-electron chi connectivity index (χ4n) is 5.62. The second-order valence-corrected chi connectivity index (χ2v) is 9.81. The summed E-state index contributed by atoms with van der Waals surface area (Å²) < 4.78 is 1.96. The highest BCUT2D eigenvalue weighted by molar-refractivity contribution is 5.75. The molecule has 1 aliphatic carbocycles. The van der Waals surface area contributed by atoms with Gasteiger partial charge in [-0.3, -0.25) is 9.69 Å². The van der Waals surface area contributed by atoms with E-state index in [-0.39, 0.29) is 12.0 Å². The maximum atomic E-state index is 11.4. The summed E-state index contributed by atoms with van der Waals surface area (Å²) in [6.45, 7) is 11.8. The molecule has 3 aromatic heterocycles. The van der Waals surface area contributed by atoms with Crippen molar-refractivity contribution >= 4 is 5.82 Å². The summed E-state index contributed by atoms with van der Waals surface area (Å²) in [6.07, 6.45) is 4.65. The average Bonchev–Trinajstić information content (AvgIpc) is 3.21. The van der Waals surface area contributed by atoms with Crippen molar-refractivity contribution in [1.82, 2.24) is 35.1 Å². The Bertz CT molecular complexity index is 1150. The number of fused-ring (bicyclic) bond motifs is 3. The van der Waals surface area contributed by atoms with Gasteiger partial charge in [-0.25, -0.2) is 20.0 Å². The van der Waals surface area contributed by atoms with E-state index in [2.05, 4.69) is 41.1 Å². The zero-order valence-electron chi connectivity index (χ0n) is 20.6. The number of aromatic nitrogens is 5. The highest BCUT2D eigenvalue weighted by atomic mass is 16.3. The molecule has 3 unspecified atom stereocenters. The van der Waals surface area contributed by atoms with E-state index in [0.29, 0.717) is 0 Å². The summed E-state index contributed by atoms with van der Waals surface area (Å²) in [6, 6.07) is 5.67. The first-order valence-corrected chi connectivity index (χ1v) is 12.1. The maximum absolute atomic E-state index is 11.4. The molecule has 1 fully saturated rings. The largest absolute Gasteiger partial charge is 0.392 e. The molecule has 1 aliphatic heterocycles. The summed E-state index contributed by atoms with van der Waals surface area (Å²) in [7, 11) is 1.98. The molecule has 0 spiro atoms. The van der Waals surface area contributed by atoms with Gasteiger partial charge in [0.15, 0.2) is 0 Å². The lowest BCUT2D eigenvalue weighted by Crippen LogP contribution is -2.60. The van der Waals surface area contributed by atoms with Crippen molar-refractivity contribution in [1.29, 1.82) is 0 Å². The molecule has 9 heteroatoms. The minimum atomic E-state index is -0.736. The van der Waals surface area contributed by atoms with Crippen LogP contribution in [-0.2, 0) is 12.5 Å². The van der Waals surface area contributed by atoms with Gasteiger partial charge in [-0.05, 0) is 31.9 Å². The molecule has 0 saturated carbocycles. The van der Waals surface area contributed by atoms with Gasteiger partial charge in [-0.2, -0.15) is 5.10 Å². The Labute approximate surface area is 200 Å². The first-order valence-electron chi connectivity index (χ1n) is 12.1. The molecule has 1 saturated heterocycles. The van der Waals surface area contributed by atoms with E-state index in [9.17, 15) is 5.11 Å². The quantitative estimate of drug-likeness (QED) is 0.597. The van der Waals surface area contributed by atoms with Crippen molar-refractivity contribution in [2.45, 2.75) is 51.2 Å². The van der Waals surface area contributed by atoms with Crippen LogP contribution in [0.15, 0.2) is 36.9 Å². The lowest BCUT2D eigenvalue weighted by molar-refractivity contribution is 0.0592. The molecule has 2 aliphatic rings. The van der Waals surface area contributed by atoms with E-state index in [0.717, 1.165) is 60.2 Å². The van der Waals surface area contributed by atoms with E-state index in [1.54, 1.807) is 6.33 Å². The lowest BCUT2D eigenvalue weighted by Gasteiger charge is -2.52. The van der Waals surface area contributed by atoms with Gasteiger partial charge in [0.05, 0.1) is 34.6 Å². The van der Waals surface area contributed by atoms with Gasteiger partial charge in [-0.1, -0.05) is 19.9 Å². The molecule has 3 aromatic rings. The number of anilines is 1. The molecule has 5 rings (SSSR count). The zero-order valence-corrected chi connectivity index (χ0v) is 20.6. The Morgan fingerprint density at radius 2 is 1.94 bits per heavy atom. The predicted octanol–water partition coefficient (Wildman–Crippen LogP) is 2.42. The number of rotatable bonds is 5. The SMILES string of the molecule is CC(C)c1c2c(nn1C)C(C)(C(C)O)C(N(c1ccccn1)N1CCNCC1)c1cncnc1-2. The number of hydrogen-bond donors (Lipinski definition) is 2. The van der Waals surface area contributed by atoms with Crippen LogP contribution in [0.4, 0.5) is 5.82 Å². The molecule has 0 radical (unpaired) electrons. The molecule has 3 atom stereocenters. The van der Waals surface area contributed by atoms with Crippen LogP contribution in [0.3, 0.4) is 0 Å². The topological polar surface area (TPSA) is 95.2 Å². The van der Waals surface area contributed by atoms with Crippen LogP contribution in [0, 0.1) is 0 Å². The van der Waals surface area contributed by atoms with Crippen molar-refractivity contribution < 1.29 is 5.11 Å². The van der Waals surface area contributed by atoms with E-state index in [4.69, 9.17) is 15.1 Å². The molecular formula is C25H34N8O. The number of hydrogen-bond acceptors (Lipinski definition) is 8. The number of aliphatic hydroxyl groups excluding tert-OH is 1. The number of piperazine rings is 1. The first-order chi connectivity index (χ1) is 16.4. The molecule has 0 aromatic carbocycles. The molecule has 34 heavy (non-hydrogen) atoms. The molecule has 0 amide bonds. The van der Waals surface area contributed by atoms with E-state index >= 15 is 0 Å². The van der Waals surface area contributed by atoms with Crippen molar-refractivity contribution in [3.05, 3.63) is 53.9 Å². The monoisotopic (exact) mass is 462 g/mol. The van der Waals surface area contributed by atoms with E-state index in [1.807, 2.05) is 49.2 Å². The highest BCUT2D eigenvalue weighted by Gasteiger charge is 2.54. The minimum absolute atomic E-state index is 0.249. The number of pyridine rings is 1. The maximum Gasteiger partial charge on any atom is 0.143 e. The van der Waals surface area contributed by atoms with Gasteiger partial charge in [0.2, 0.25) is 0 Å². The second kappa shape index (κ2) is 8.72. The molecular weight excluding hydrogens is 428 g/mol. The fourth-order valence-corrected chi connectivity index (χ4v) is 5.62. The van der Waals surface area contributed by atoms with E-state index in [1.165, 1.54) is 0 Å². The van der Waals surface area contributed by atoms with E-state index < -0.39 is 11.5 Å². The number of nitrogens with one attached hydrogen (secondary N) is 1. The Balaban J connectivity index is 1.81. The first kappa shape index (κ1) is 22.9. The molecule has 0 bridgehead atoms. The minimum Gasteiger partial charge on any atom is -0.392 e. The van der Waals surface area contributed by atoms with Crippen molar-refractivity contribution in [2.75, 3.05) is 31.2 Å². The van der Waals surface area contributed by atoms with Gasteiger partial charge in [-0.15, -0.1) is 0 Å². The van der Waals surface area contributed by atoms with Gasteiger partial charge in [0.25, 0.3) is 0 Å². The number of aryl methyl sites for hydroxylation is 1. The summed E-state index contributed by atoms with van der Waals surface area (Å²) in [4.78, 5) is 14.0. The van der Waals surface area contributed by atoms with Crippen LogP contribution in [0.25, 0.3) is 11.3 Å². The number of hydrazine groups is 1. The third kappa shape index (κ3) is 3.41. The smallest absolute Gasteiger partial charge is 0.143 e. The highest BCUT2D eigenvalue weighted by Crippen LogP contribution is 2.54. The molecule has 2 N–H and O–H groups in total. The van der Waals surface area contributed by atoms with Crippen LogP contribution >= 0.6 is 0 Å². The second-order valence-electron chi connectivity index (χ2n) is 9.81.